The Morgan fingerprint density at radius 2 is 1.80 bits per heavy atom. The second-order valence-corrected chi connectivity index (χ2v) is 9.19. The summed E-state index contributed by atoms with van der Waals surface area (Å²) in [6.07, 6.45) is 1.28. The van der Waals surface area contributed by atoms with Gasteiger partial charge in [0.1, 0.15) is 5.82 Å². The van der Waals surface area contributed by atoms with Gasteiger partial charge in [0.05, 0.1) is 18.0 Å². The number of thioether (sulfide) groups is 1. The third-order valence-electron chi connectivity index (χ3n) is 4.94. The zero-order valence-corrected chi connectivity index (χ0v) is 20.3. The van der Waals surface area contributed by atoms with Gasteiger partial charge in [-0.1, -0.05) is 59.8 Å². The molecule has 0 radical (unpaired) electrons. The lowest BCUT2D eigenvalue weighted by atomic mass is 10.2. The van der Waals surface area contributed by atoms with Crippen molar-refractivity contribution in [3.05, 3.63) is 101 Å². The number of nitrogens with zero attached hydrogens (tertiary/aromatic N) is 4. The molecule has 0 bridgehead atoms. The highest BCUT2D eigenvalue weighted by molar-refractivity contribution is 8.00. The minimum atomic E-state index is -0.531. The van der Waals surface area contributed by atoms with E-state index in [4.69, 9.17) is 11.6 Å². The van der Waals surface area contributed by atoms with Gasteiger partial charge in [-0.3, -0.25) is 9.36 Å². The Hall–Kier alpha value is -3.69. The number of nitrogens with one attached hydrogen (secondary N) is 2. The van der Waals surface area contributed by atoms with E-state index in [2.05, 4.69) is 26.0 Å². The summed E-state index contributed by atoms with van der Waals surface area (Å²) >= 11 is 7.22. The third kappa shape index (κ3) is 6.46. The van der Waals surface area contributed by atoms with Gasteiger partial charge in [-0.2, -0.15) is 5.10 Å². The molecule has 35 heavy (non-hydrogen) atoms. The summed E-state index contributed by atoms with van der Waals surface area (Å²) in [4.78, 5) is 12.6. The largest absolute Gasteiger partial charge is 0.378 e. The van der Waals surface area contributed by atoms with E-state index in [-0.39, 0.29) is 11.5 Å². The van der Waals surface area contributed by atoms with Crippen LogP contribution in [0.25, 0.3) is 5.69 Å². The van der Waals surface area contributed by atoms with Crippen LogP contribution in [0.2, 0.25) is 5.02 Å². The van der Waals surface area contributed by atoms with Crippen LogP contribution in [0.1, 0.15) is 18.3 Å². The van der Waals surface area contributed by atoms with E-state index in [9.17, 15) is 9.18 Å². The predicted octanol–water partition coefficient (Wildman–Crippen LogP) is 5.30. The van der Waals surface area contributed by atoms with Gasteiger partial charge in [-0.15, -0.1) is 10.2 Å². The molecular formula is C25H22ClFN6OS. The van der Waals surface area contributed by atoms with Crippen LogP contribution < -0.4 is 10.7 Å². The molecule has 0 aliphatic rings. The molecule has 1 unspecified atom stereocenters. The minimum absolute atomic E-state index is 0.287. The Kier molecular flexibility index (Phi) is 8.12. The van der Waals surface area contributed by atoms with E-state index in [1.54, 1.807) is 25.1 Å². The number of carbonyl (C=O) groups is 1. The van der Waals surface area contributed by atoms with Crippen LogP contribution in [0, 0.1) is 5.82 Å². The fourth-order valence-corrected chi connectivity index (χ4v) is 4.13. The van der Waals surface area contributed by atoms with Crippen LogP contribution in [0.4, 0.5) is 10.1 Å². The summed E-state index contributed by atoms with van der Waals surface area (Å²) in [5.41, 5.74) is 4.51. The quantitative estimate of drug-likeness (QED) is 0.182. The van der Waals surface area contributed by atoms with E-state index < -0.39 is 11.1 Å². The molecule has 4 aromatic rings. The normalized spacial score (nSPS) is 12.0. The second-order valence-electron chi connectivity index (χ2n) is 7.45. The molecule has 10 heteroatoms. The van der Waals surface area contributed by atoms with Crippen molar-refractivity contribution in [3.63, 3.8) is 0 Å². The lowest BCUT2D eigenvalue weighted by Crippen LogP contribution is -2.27. The summed E-state index contributed by atoms with van der Waals surface area (Å²) in [7, 11) is 0. The van der Waals surface area contributed by atoms with Crippen molar-refractivity contribution >= 4 is 41.2 Å². The van der Waals surface area contributed by atoms with Crippen molar-refractivity contribution in [2.24, 2.45) is 5.10 Å². The average molecular weight is 509 g/mol. The van der Waals surface area contributed by atoms with E-state index in [0.717, 1.165) is 11.4 Å². The lowest BCUT2D eigenvalue weighted by molar-refractivity contribution is -0.120. The molecule has 4 rings (SSSR count). The first-order valence-electron chi connectivity index (χ1n) is 10.7. The molecule has 3 aromatic carbocycles. The highest BCUT2D eigenvalue weighted by Gasteiger charge is 2.21. The van der Waals surface area contributed by atoms with Crippen LogP contribution in [-0.4, -0.2) is 32.1 Å². The van der Waals surface area contributed by atoms with Crippen LogP contribution >= 0.6 is 23.4 Å². The first-order valence-corrected chi connectivity index (χ1v) is 12.0. The van der Waals surface area contributed by atoms with Gasteiger partial charge >= 0.3 is 0 Å². The van der Waals surface area contributed by atoms with E-state index in [0.29, 0.717) is 22.5 Å². The molecule has 1 atom stereocenters. The summed E-state index contributed by atoms with van der Waals surface area (Å²) in [5, 5.41) is 16.6. The molecule has 0 spiro atoms. The molecule has 7 nitrogen and oxygen atoms in total. The number of rotatable bonds is 9. The number of aromatic nitrogens is 3. The van der Waals surface area contributed by atoms with Gasteiger partial charge in [0.15, 0.2) is 11.0 Å². The maximum absolute atomic E-state index is 13.7. The Morgan fingerprint density at radius 1 is 1.09 bits per heavy atom. The molecule has 0 saturated heterocycles. The highest BCUT2D eigenvalue weighted by Crippen LogP contribution is 2.26. The Balaban J connectivity index is 1.47. The van der Waals surface area contributed by atoms with Crippen molar-refractivity contribution in [1.29, 1.82) is 0 Å². The van der Waals surface area contributed by atoms with Crippen molar-refractivity contribution in [2.75, 3.05) is 5.32 Å². The number of para-hydroxylation sites is 1. The van der Waals surface area contributed by atoms with E-state index in [1.165, 1.54) is 24.0 Å². The number of carbonyl (C=O) groups excluding carboxylic acids is 1. The molecule has 1 amide bonds. The van der Waals surface area contributed by atoms with E-state index in [1.807, 2.05) is 59.2 Å². The topological polar surface area (TPSA) is 84.2 Å². The Morgan fingerprint density at radius 3 is 2.54 bits per heavy atom. The smallest absolute Gasteiger partial charge is 0.253 e. The molecule has 1 heterocycles. The van der Waals surface area contributed by atoms with Crippen LogP contribution in [0.3, 0.4) is 0 Å². The van der Waals surface area contributed by atoms with Crippen molar-refractivity contribution in [1.82, 2.24) is 20.2 Å². The predicted molar refractivity (Wildman–Crippen MR) is 138 cm³/mol. The molecule has 178 valence electrons. The minimum Gasteiger partial charge on any atom is -0.378 e. The zero-order valence-electron chi connectivity index (χ0n) is 18.7. The Bertz CT molecular complexity index is 1310. The number of anilines is 1. The second kappa shape index (κ2) is 11.6. The molecule has 0 fully saturated rings. The van der Waals surface area contributed by atoms with Crippen molar-refractivity contribution in [3.8, 4) is 5.69 Å². The SMILES string of the molecule is CC(Sc1nnc(CNc2ccc(Cl)cc2)n1-c1ccccc1)C(=O)N/N=C/c1ccccc1F. The maximum atomic E-state index is 13.7. The summed E-state index contributed by atoms with van der Waals surface area (Å²) < 4.78 is 15.6. The summed E-state index contributed by atoms with van der Waals surface area (Å²) in [6, 6.07) is 23.2. The fraction of sp³-hybridized carbons (Fsp3) is 0.120. The van der Waals surface area contributed by atoms with E-state index >= 15 is 0 Å². The van der Waals surface area contributed by atoms with Gasteiger partial charge in [0.2, 0.25) is 0 Å². The number of halogens is 2. The number of benzene rings is 3. The lowest BCUT2D eigenvalue weighted by Gasteiger charge is -2.13. The first kappa shape index (κ1) is 24.4. The van der Waals surface area contributed by atoms with Gasteiger partial charge in [-0.25, -0.2) is 9.82 Å². The third-order valence-corrected chi connectivity index (χ3v) is 6.24. The standard InChI is InChI=1S/C25H22ClFN6OS/c1-17(24(34)31-29-15-18-7-5-6-10-22(18)27)35-25-32-30-23(33(25)21-8-3-2-4-9-21)16-28-20-13-11-19(26)12-14-20/h2-15,17,28H,16H2,1H3,(H,31,34)/b29-15+. The van der Waals surface area contributed by atoms with Crippen LogP contribution in [0.15, 0.2) is 89.1 Å². The zero-order chi connectivity index (χ0) is 24.6. The van der Waals surface area contributed by atoms with Crippen LogP contribution in [-0.2, 0) is 11.3 Å². The van der Waals surface area contributed by atoms with Gasteiger partial charge in [0, 0.05) is 22.0 Å². The molecule has 2 N–H and O–H groups in total. The molecule has 0 saturated carbocycles. The van der Waals surface area contributed by atoms with Crippen molar-refractivity contribution in [2.45, 2.75) is 23.9 Å². The maximum Gasteiger partial charge on any atom is 0.253 e. The fourth-order valence-electron chi connectivity index (χ4n) is 3.12. The monoisotopic (exact) mass is 508 g/mol. The number of amides is 1. The molecule has 0 aliphatic heterocycles. The Labute approximate surface area is 211 Å². The van der Waals surface area contributed by atoms with Crippen LogP contribution in [0.5, 0.6) is 0 Å². The van der Waals surface area contributed by atoms with Gasteiger partial charge < -0.3 is 5.32 Å². The number of hydrogen-bond acceptors (Lipinski definition) is 6. The van der Waals surface area contributed by atoms with Crippen molar-refractivity contribution < 1.29 is 9.18 Å². The molecular weight excluding hydrogens is 487 g/mol. The molecule has 0 aliphatic carbocycles. The van der Waals surface area contributed by atoms with Gasteiger partial charge in [-0.05, 0) is 49.4 Å². The highest BCUT2D eigenvalue weighted by atomic mass is 35.5. The average Bonchev–Trinajstić information content (AvgIpc) is 3.27. The summed E-state index contributed by atoms with van der Waals surface area (Å²) in [5.74, 6) is -0.0755. The summed E-state index contributed by atoms with van der Waals surface area (Å²) in [6.45, 7) is 2.16. The molecule has 1 aromatic heterocycles. The number of hydrazone groups is 1. The van der Waals surface area contributed by atoms with Gasteiger partial charge in [0.25, 0.3) is 5.91 Å². The number of hydrogen-bond donors (Lipinski definition) is 2. The first-order chi connectivity index (χ1) is 17.0.